The van der Waals surface area contributed by atoms with E-state index in [2.05, 4.69) is 30.8 Å². The highest BCUT2D eigenvalue weighted by Crippen LogP contribution is 2.30. The number of rotatable bonds is 9. The lowest BCUT2D eigenvalue weighted by Crippen LogP contribution is -2.20. The molecule has 0 atom stereocenters. The molecule has 2 amide bonds. The standard InChI is InChI=1S/C20H23N7O2S/c1-27(2)11-10-23-14-7-5-13(6-8-14)18(29)26-19-16(17(21)28)25-20(30-19)24-15-4-3-9-22-12-15/h3-9,12,23H,10-11H2,1-2H3,(H2,21,28)(H,24,25)(H,26,29). The number of likely N-dealkylation sites (N-methyl/N-ethyl adjacent to an activating group) is 1. The van der Waals surface area contributed by atoms with E-state index in [1.807, 2.05) is 32.3 Å². The van der Waals surface area contributed by atoms with Gasteiger partial charge in [0, 0.05) is 30.5 Å². The van der Waals surface area contributed by atoms with Gasteiger partial charge in [0.05, 0.1) is 11.9 Å². The van der Waals surface area contributed by atoms with Gasteiger partial charge < -0.3 is 26.6 Å². The predicted octanol–water partition coefficient (Wildman–Crippen LogP) is 2.61. The molecule has 10 heteroatoms. The largest absolute Gasteiger partial charge is 0.384 e. The maximum atomic E-state index is 12.6. The first-order valence-electron chi connectivity index (χ1n) is 9.20. The van der Waals surface area contributed by atoms with Crippen LogP contribution in [0.1, 0.15) is 20.8 Å². The van der Waals surface area contributed by atoms with Crippen molar-refractivity contribution in [2.24, 2.45) is 5.73 Å². The maximum absolute atomic E-state index is 12.6. The van der Waals surface area contributed by atoms with Crippen LogP contribution in [0.15, 0.2) is 48.8 Å². The van der Waals surface area contributed by atoms with Gasteiger partial charge in [-0.1, -0.05) is 11.3 Å². The number of amides is 2. The molecular weight excluding hydrogens is 402 g/mol. The zero-order chi connectivity index (χ0) is 21.5. The molecule has 3 rings (SSSR count). The van der Waals surface area contributed by atoms with Crippen molar-refractivity contribution in [2.45, 2.75) is 0 Å². The Morgan fingerprint density at radius 2 is 1.90 bits per heavy atom. The number of thiazole rings is 1. The number of primary amides is 1. The zero-order valence-electron chi connectivity index (χ0n) is 16.7. The van der Waals surface area contributed by atoms with Crippen molar-refractivity contribution in [3.63, 3.8) is 0 Å². The van der Waals surface area contributed by atoms with Crippen LogP contribution in [0, 0.1) is 0 Å². The summed E-state index contributed by atoms with van der Waals surface area (Å²) in [6.45, 7) is 1.70. The first-order valence-corrected chi connectivity index (χ1v) is 10.0. The Bertz CT molecular complexity index is 1000. The average molecular weight is 426 g/mol. The van der Waals surface area contributed by atoms with Gasteiger partial charge in [0.2, 0.25) is 0 Å². The van der Waals surface area contributed by atoms with Crippen LogP contribution in [0.5, 0.6) is 0 Å². The molecular formula is C20H23N7O2S. The lowest BCUT2D eigenvalue weighted by molar-refractivity contribution is 0.0997. The van der Waals surface area contributed by atoms with E-state index in [1.165, 1.54) is 0 Å². The van der Waals surface area contributed by atoms with Crippen molar-refractivity contribution in [3.8, 4) is 0 Å². The summed E-state index contributed by atoms with van der Waals surface area (Å²) in [7, 11) is 4.01. The Kier molecular flexibility index (Phi) is 6.94. The van der Waals surface area contributed by atoms with Crippen molar-refractivity contribution >= 4 is 44.7 Å². The van der Waals surface area contributed by atoms with Gasteiger partial charge >= 0.3 is 0 Å². The summed E-state index contributed by atoms with van der Waals surface area (Å²) in [5.74, 6) is -1.07. The second-order valence-corrected chi connectivity index (χ2v) is 7.69. The third-order valence-electron chi connectivity index (χ3n) is 4.04. The van der Waals surface area contributed by atoms with Crippen LogP contribution < -0.4 is 21.7 Å². The summed E-state index contributed by atoms with van der Waals surface area (Å²) >= 11 is 1.12. The topological polar surface area (TPSA) is 125 Å². The molecule has 2 aromatic heterocycles. The summed E-state index contributed by atoms with van der Waals surface area (Å²) in [6, 6.07) is 10.7. The fourth-order valence-electron chi connectivity index (χ4n) is 2.52. The maximum Gasteiger partial charge on any atom is 0.270 e. The number of aromatic nitrogens is 2. The molecule has 0 aliphatic carbocycles. The van der Waals surface area contributed by atoms with E-state index in [1.54, 1.807) is 30.6 Å². The highest BCUT2D eigenvalue weighted by atomic mass is 32.1. The van der Waals surface area contributed by atoms with Crippen molar-refractivity contribution in [2.75, 3.05) is 43.1 Å². The van der Waals surface area contributed by atoms with Crippen molar-refractivity contribution in [3.05, 3.63) is 60.0 Å². The minimum absolute atomic E-state index is 0.00159. The molecule has 0 aliphatic rings. The normalized spacial score (nSPS) is 10.6. The number of nitrogens with two attached hydrogens (primary N) is 1. The van der Waals surface area contributed by atoms with Gasteiger partial charge in [-0.15, -0.1) is 0 Å². The lowest BCUT2D eigenvalue weighted by atomic mass is 10.2. The molecule has 0 saturated carbocycles. The number of carbonyl (C=O) groups is 2. The van der Waals surface area contributed by atoms with Gasteiger partial charge in [0.25, 0.3) is 11.8 Å². The van der Waals surface area contributed by atoms with Crippen LogP contribution in [0.2, 0.25) is 0 Å². The van der Waals surface area contributed by atoms with Crippen LogP contribution in [0.3, 0.4) is 0 Å². The Balaban J connectivity index is 1.68. The van der Waals surface area contributed by atoms with Gasteiger partial charge in [-0.05, 0) is 50.5 Å². The zero-order valence-corrected chi connectivity index (χ0v) is 17.5. The Hall–Kier alpha value is -3.50. The molecule has 2 heterocycles. The Morgan fingerprint density at radius 1 is 1.13 bits per heavy atom. The monoisotopic (exact) mass is 425 g/mol. The fraction of sp³-hybridized carbons (Fsp3) is 0.200. The average Bonchev–Trinajstić information content (AvgIpc) is 3.11. The first kappa shape index (κ1) is 21.2. The number of pyridine rings is 1. The van der Waals surface area contributed by atoms with E-state index in [0.717, 1.165) is 30.1 Å². The minimum atomic E-state index is -0.721. The number of carbonyl (C=O) groups excluding carboxylic acids is 2. The number of benzene rings is 1. The van der Waals surface area contributed by atoms with Crippen molar-refractivity contribution in [1.29, 1.82) is 0 Å². The molecule has 0 unspecified atom stereocenters. The van der Waals surface area contributed by atoms with E-state index in [0.29, 0.717) is 16.4 Å². The number of anilines is 4. The predicted molar refractivity (Wildman–Crippen MR) is 120 cm³/mol. The molecule has 0 saturated heterocycles. The minimum Gasteiger partial charge on any atom is -0.384 e. The molecule has 0 aliphatic heterocycles. The van der Waals surface area contributed by atoms with Gasteiger partial charge in [-0.2, -0.15) is 0 Å². The fourth-order valence-corrected chi connectivity index (χ4v) is 3.41. The molecule has 156 valence electrons. The molecule has 0 fully saturated rings. The molecule has 30 heavy (non-hydrogen) atoms. The number of hydrogen-bond donors (Lipinski definition) is 4. The van der Waals surface area contributed by atoms with Crippen LogP contribution in [-0.2, 0) is 0 Å². The third kappa shape index (κ3) is 5.75. The van der Waals surface area contributed by atoms with E-state index in [9.17, 15) is 9.59 Å². The van der Waals surface area contributed by atoms with Crippen LogP contribution in [0.25, 0.3) is 0 Å². The lowest BCUT2D eigenvalue weighted by Gasteiger charge is -2.11. The van der Waals surface area contributed by atoms with Crippen LogP contribution in [0.4, 0.5) is 21.5 Å². The first-order chi connectivity index (χ1) is 14.4. The summed E-state index contributed by atoms with van der Waals surface area (Å²) in [6.07, 6.45) is 3.27. The SMILES string of the molecule is CN(C)CCNc1ccc(C(=O)Nc2sc(Nc3cccnc3)nc2C(N)=O)cc1. The second-order valence-electron chi connectivity index (χ2n) is 6.69. The van der Waals surface area contributed by atoms with Crippen molar-refractivity contribution < 1.29 is 9.59 Å². The molecule has 3 aromatic rings. The highest BCUT2D eigenvalue weighted by Gasteiger charge is 2.19. The molecule has 9 nitrogen and oxygen atoms in total. The quantitative estimate of drug-likeness (QED) is 0.415. The summed E-state index contributed by atoms with van der Waals surface area (Å²) in [5, 5.41) is 9.76. The van der Waals surface area contributed by atoms with Gasteiger partial charge in [0.1, 0.15) is 5.00 Å². The number of hydrogen-bond acceptors (Lipinski definition) is 8. The summed E-state index contributed by atoms with van der Waals surface area (Å²) < 4.78 is 0. The number of nitrogens with zero attached hydrogens (tertiary/aromatic N) is 3. The van der Waals surface area contributed by atoms with Crippen molar-refractivity contribution in [1.82, 2.24) is 14.9 Å². The van der Waals surface area contributed by atoms with Crippen LogP contribution >= 0.6 is 11.3 Å². The molecule has 5 N–H and O–H groups in total. The number of nitrogens with one attached hydrogen (secondary N) is 3. The third-order valence-corrected chi connectivity index (χ3v) is 4.92. The van der Waals surface area contributed by atoms with Gasteiger partial charge in [-0.25, -0.2) is 4.98 Å². The van der Waals surface area contributed by atoms with E-state index < -0.39 is 5.91 Å². The Morgan fingerprint density at radius 3 is 2.53 bits per heavy atom. The van der Waals surface area contributed by atoms with E-state index in [4.69, 9.17) is 5.73 Å². The van der Waals surface area contributed by atoms with Gasteiger partial charge in [-0.3, -0.25) is 14.6 Å². The summed E-state index contributed by atoms with van der Waals surface area (Å²) in [4.78, 5) is 34.7. The molecule has 0 spiro atoms. The van der Waals surface area contributed by atoms with Gasteiger partial charge in [0.15, 0.2) is 10.8 Å². The molecule has 1 aromatic carbocycles. The van der Waals surface area contributed by atoms with E-state index in [-0.39, 0.29) is 16.6 Å². The highest BCUT2D eigenvalue weighted by molar-refractivity contribution is 7.20. The smallest absolute Gasteiger partial charge is 0.270 e. The van der Waals surface area contributed by atoms with E-state index >= 15 is 0 Å². The molecule has 0 radical (unpaired) electrons. The van der Waals surface area contributed by atoms with Crippen LogP contribution in [-0.4, -0.2) is 53.9 Å². The molecule has 0 bridgehead atoms. The second kappa shape index (κ2) is 9.81. The summed E-state index contributed by atoms with van der Waals surface area (Å²) in [5.41, 5.74) is 7.51. The Labute approximate surface area is 178 Å².